The lowest BCUT2D eigenvalue weighted by Gasteiger charge is -2.20. The van der Waals surface area contributed by atoms with E-state index in [4.69, 9.17) is 11.6 Å². The van der Waals surface area contributed by atoms with Gasteiger partial charge < -0.3 is 10.6 Å². The van der Waals surface area contributed by atoms with Crippen LogP contribution in [0.25, 0.3) is 0 Å². The molecule has 0 bridgehead atoms. The predicted octanol–water partition coefficient (Wildman–Crippen LogP) is 3.12. The van der Waals surface area contributed by atoms with Gasteiger partial charge in [-0.05, 0) is 44.9 Å². The average molecular weight is 273 g/mol. The molecule has 100 valence electrons. The number of halogens is 2. The molecule has 3 nitrogen and oxygen atoms in total. The van der Waals surface area contributed by atoms with Crippen LogP contribution in [0.3, 0.4) is 0 Å². The van der Waals surface area contributed by atoms with E-state index >= 15 is 0 Å². The van der Waals surface area contributed by atoms with Gasteiger partial charge in [0.1, 0.15) is 5.82 Å². The molecule has 2 amide bonds. The molecule has 1 aromatic rings. The van der Waals surface area contributed by atoms with Crippen molar-refractivity contribution in [1.82, 2.24) is 10.6 Å². The Bertz CT molecular complexity index is 429. The van der Waals surface area contributed by atoms with Crippen LogP contribution in [0, 0.1) is 5.82 Å². The van der Waals surface area contributed by atoms with Crippen molar-refractivity contribution < 1.29 is 9.18 Å². The Balaban J connectivity index is 2.38. The van der Waals surface area contributed by atoms with Gasteiger partial charge in [0.05, 0.1) is 5.02 Å². The molecule has 5 heteroatoms. The lowest BCUT2D eigenvalue weighted by atomic mass is 10.1. The van der Waals surface area contributed by atoms with Crippen molar-refractivity contribution in [2.24, 2.45) is 0 Å². The lowest BCUT2D eigenvalue weighted by Crippen LogP contribution is -2.46. The van der Waals surface area contributed by atoms with Gasteiger partial charge in [0.2, 0.25) is 0 Å². The minimum absolute atomic E-state index is 0.103. The summed E-state index contributed by atoms with van der Waals surface area (Å²) < 4.78 is 12.9. The summed E-state index contributed by atoms with van der Waals surface area (Å²) in [4.78, 5) is 11.5. The SMILES string of the molecule is CC(C)(C)NC(=O)NCCc1ccc(F)c(Cl)c1. The van der Waals surface area contributed by atoms with E-state index < -0.39 is 5.82 Å². The molecule has 0 aromatic heterocycles. The van der Waals surface area contributed by atoms with Crippen LogP contribution in [-0.4, -0.2) is 18.1 Å². The van der Waals surface area contributed by atoms with Gasteiger partial charge in [0.15, 0.2) is 0 Å². The maximum atomic E-state index is 12.9. The van der Waals surface area contributed by atoms with E-state index in [0.717, 1.165) is 5.56 Å². The number of nitrogens with one attached hydrogen (secondary N) is 2. The standard InChI is InChI=1S/C13H18ClFN2O/c1-13(2,3)17-12(18)16-7-6-9-4-5-11(15)10(14)8-9/h4-5,8H,6-7H2,1-3H3,(H2,16,17,18). The van der Waals surface area contributed by atoms with Gasteiger partial charge in [0, 0.05) is 12.1 Å². The number of hydrogen-bond donors (Lipinski definition) is 2. The number of urea groups is 1. The van der Waals surface area contributed by atoms with Crippen LogP contribution in [0.5, 0.6) is 0 Å². The van der Waals surface area contributed by atoms with Crippen LogP contribution in [0.15, 0.2) is 18.2 Å². The zero-order valence-corrected chi connectivity index (χ0v) is 11.6. The lowest BCUT2D eigenvalue weighted by molar-refractivity contribution is 0.232. The maximum Gasteiger partial charge on any atom is 0.315 e. The fraction of sp³-hybridized carbons (Fsp3) is 0.462. The number of hydrogen-bond acceptors (Lipinski definition) is 1. The first-order valence-electron chi connectivity index (χ1n) is 5.78. The van der Waals surface area contributed by atoms with Gasteiger partial charge in [-0.3, -0.25) is 0 Å². The molecule has 18 heavy (non-hydrogen) atoms. The van der Waals surface area contributed by atoms with Crippen LogP contribution < -0.4 is 10.6 Å². The third kappa shape index (κ3) is 5.36. The van der Waals surface area contributed by atoms with Gasteiger partial charge in [-0.2, -0.15) is 0 Å². The quantitative estimate of drug-likeness (QED) is 0.872. The normalized spacial score (nSPS) is 11.2. The van der Waals surface area contributed by atoms with Crippen LogP contribution in [0.2, 0.25) is 5.02 Å². The monoisotopic (exact) mass is 272 g/mol. The number of carbonyl (C=O) groups is 1. The first-order valence-corrected chi connectivity index (χ1v) is 6.16. The van der Waals surface area contributed by atoms with Crippen LogP contribution in [0.4, 0.5) is 9.18 Å². The molecule has 0 unspecified atom stereocenters. The second-order valence-electron chi connectivity index (χ2n) is 5.13. The Kier molecular flexibility index (Phi) is 4.96. The average Bonchev–Trinajstić information content (AvgIpc) is 2.20. The molecule has 1 aromatic carbocycles. The molecule has 0 aliphatic carbocycles. The van der Waals surface area contributed by atoms with Crippen molar-refractivity contribution in [2.45, 2.75) is 32.7 Å². The summed E-state index contributed by atoms with van der Waals surface area (Å²) in [6, 6.07) is 4.34. The third-order valence-electron chi connectivity index (χ3n) is 2.17. The van der Waals surface area contributed by atoms with Crippen molar-refractivity contribution in [1.29, 1.82) is 0 Å². The topological polar surface area (TPSA) is 41.1 Å². The summed E-state index contributed by atoms with van der Waals surface area (Å²) in [7, 11) is 0. The summed E-state index contributed by atoms with van der Waals surface area (Å²) >= 11 is 5.67. The van der Waals surface area contributed by atoms with Crippen molar-refractivity contribution in [3.63, 3.8) is 0 Å². The highest BCUT2D eigenvalue weighted by Gasteiger charge is 2.12. The van der Waals surface area contributed by atoms with Crippen LogP contribution >= 0.6 is 11.6 Å². The number of rotatable bonds is 3. The van der Waals surface area contributed by atoms with E-state index in [-0.39, 0.29) is 16.6 Å². The molecular weight excluding hydrogens is 255 g/mol. The molecule has 0 saturated carbocycles. The van der Waals surface area contributed by atoms with E-state index in [1.807, 2.05) is 20.8 Å². The molecule has 0 aliphatic rings. The first kappa shape index (κ1) is 14.8. The van der Waals surface area contributed by atoms with Crippen molar-refractivity contribution in [2.75, 3.05) is 6.54 Å². The third-order valence-corrected chi connectivity index (χ3v) is 2.46. The molecule has 2 N–H and O–H groups in total. The van der Waals surface area contributed by atoms with E-state index in [0.29, 0.717) is 13.0 Å². The maximum absolute atomic E-state index is 12.9. The molecule has 0 radical (unpaired) electrons. The highest BCUT2D eigenvalue weighted by atomic mass is 35.5. The Morgan fingerprint density at radius 1 is 1.39 bits per heavy atom. The Labute approximate surface area is 112 Å². The van der Waals surface area contributed by atoms with Gasteiger partial charge in [-0.25, -0.2) is 9.18 Å². The van der Waals surface area contributed by atoms with Crippen LogP contribution in [-0.2, 0) is 6.42 Å². The molecule has 0 saturated heterocycles. The fourth-order valence-corrected chi connectivity index (χ4v) is 1.60. The van der Waals surface area contributed by atoms with E-state index in [1.165, 1.54) is 6.07 Å². The van der Waals surface area contributed by atoms with Crippen LogP contribution in [0.1, 0.15) is 26.3 Å². The zero-order chi connectivity index (χ0) is 13.8. The summed E-state index contributed by atoms with van der Waals surface area (Å²) in [6.45, 7) is 6.20. The van der Waals surface area contributed by atoms with E-state index in [2.05, 4.69) is 10.6 Å². The highest BCUT2D eigenvalue weighted by Crippen LogP contribution is 2.16. The second kappa shape index (κ2) is 6.05. The van der Waals surface area contributed by atoms with Gasteiger partial charge in [-0.15, -0.1) is 0 Å². The van der Waals surface area contributed by atoms with Gasteiger partial charge >= 0.3 is 6.03 Å². The van der Waals surface area contributed by atoms with E-state index in [9.17, 15) is 9.18 Å². The molecule has 0 aliphatic heterocycles. The summed E-state index contributed by atoms with van der Waals surface area (Å²) in [5.74, 6) is -0.432. The Morgan fingerprint density at radius 2 is 2.06 bits per heavy atom. The molecule has 0 spiro atoms. The number of amides is 2. The van der Waals surface area contributed by atoms with Gasteiger partial charge in [0.25, 0.3) is 0 Å². The fourth-order valence-electron chi connectivity index (χ4n) is 1.40. The summed E-state index contributed by atoms with van der Waals surface area (Å²) in [5, 5.41) is 5.63. The minimum atomic E-state index is -0.432. The molecule has 0 atom stereocenters. The minimum Gasteiger partial charge on any atom is -0.338 e. The summed E-state index contributed by atoms with van der Waals surface area (Å²) in [6.07, 6.45) is 0.609. The number of benzene rings is 1. The molecular formula is C13H18ClFN2O. The molecule has 0 heterocycles. The highest BCUT2D eigenvalue weighted by molar-refractivity contribution is 6.30. The Morgan fingerprint density at radius 3 is 2.61 bits per heavy atom. The Hall–Kier alpha value is -1.29. The molecule has 1 rings (SSSR count). The first-order chi connectivity index (χ1) is 8.28. The largest absolute Gasteiger partial charge is 0.338 e. The van der Waals surface area contributed by atoms with Gasteiger partial charge in [-0.1, -0.05) is 17.7 Å². The second-order valence-corrected chi connectivity index (χ2v) is 5.54. The van der Waals surface area contributed by atoms with E-state index in [1.54, 1.807) is 12.1 Å². The van der Waals surface area contributed by atoms with Crippen molar-refractivity contribution in [3.8, 4) is 0 Å². The number of carbonyl (C=O) groups excluding carboxylic acids is 1. The molecule has 0 fully saturated rings. The zero-order valence-electron chi connectivity index (χ0n) is 10.8. The van der Waals surface area contributed by atoms with Crippen molar-refractivity contribution >= 4 is 17.6 Å². The predicted molar refractivity (Wildman–Crippen MR) is 71.4 cm³/mol. The summed E-state index contributed by atoms with van der Waals surface area (Å²) in [5.41, 5.74) is 0.626. The van der Waals surface area contributed by atoms with Crippen molar-refractivity contribution in [3.05, 3.63) is 34.6 Å². The smallest absolute Gasteiger partial charge is 0.315 e.